The minimum atomic E-state index is 0.0938. The summed E-state index contributed by atoms with van der Waals surface area (Å²) >= 11 is 0. The van der Waals surface area contributed by atoms with E-state index in [2.05, 4.69) is 9.97 Å². The number of phenolic OH excluding ortho intramolecular Hbond substituents is 1. The fraction of sp³-hybridized carbons (Fsp3) is 0. The monoisotopic (exact) mass is 188 g/mol. The molecule has 0 aliphatic rings. The molecule has 70 valence electrons. The summed E-state index contributed by atoms with van der Waals surface area (Å²) in [6.45, 7) is 0. The summed E-state index contributed by atoms with van der Waals surface area (Å²) < 4.78 is 5.33. The van der Waals surface area contributed by atoms with Crippen LogP contribution in [0.15, 0.2) is 43.0 Å². The molecule has 0 amide bonds. The van der Waals surface area contributed by atoms with Gasteiger partial charge in [-0.15, -0.1) is 0 Å². The van der Waals surface area contributed by atoms with Crippen LogP contribution in [0, 0.1) is 0 Å². The van der Waals surface area contributed by atoms with Crippen LogP contribution in [0.3, 0.4) is 0 Å². The van der Waals surface area contributed by atoms with Gasteiger partial charge in [-0.25, -0.2) is 9.97 Å². The van der Waals surface area contributed by atoms with E-state index in [0.717, 1.165) is 0 Å². The van der Waals surface area contributed by atoms with Crippen LogP contribution in [0.1, 0.15) is 0 Å². The van der Waals surface area contributed by atoms with Gasteiger partial charge in [0.25, 0.3) is 0 Å². The van der Waals surface area contributed by atoms with Crippen LogP contribution < -0.4 is 4.74 Å². The Labute approximate surface area is 80.8 Å². The first kappa shape index (κ1) is 8.50. The summed E-state index contributed by atoms with van der Waals surface area (Å²) in [7, 11) is 0. The first-order chi connectivity index (χ1) is 6.86. The Bertz CT molecular complexity index is 417. The fourth-order valence-electron chi connectivity index (χ4n) is 1.01. The molecule has 1 N–H and O–H groups in total. The Kier molecular flexibility index (Phi) is 2.27. The summed E-state index contributed by atoms with van der Waals surface area (Å²) in [5.74, 6) is 0.979. The molecule has 4 heteroatoms. The number of benzene rings is 1. The molecule has 4 nitrogen and oxygen atoms in total. The van der Waals surface area contributed by atoms with Gasteiger partial charge >= 0.3 is 0 Å². The van der Waals surface area contributed by atoms with Gasteiger partial charge < -0.3 is 9.84 Å². The quantitative estimate of drug-likeness (QED) is 0.782. The first-order valence-electron chi connectivity index (χ1n) is 4.07. The van der Waals surface area contributed by atoms with Gasteiger partial charge in [-0.2, -0.15) is 0 Å². The Balaban J connectivity index is 2.24. The number of aromatic nitrogens is 2. The van der Waals surface area contributed by atoms with Gasteiger partial charge in [0.15, 0.2) is 17.2 Å². The maximum absolute atomic E-state index is 9.41. The van der Waals surface area contributed by atoms with E-state index in [4.69, 9.17) is 4.74 Å². The van der Waals surface area contributed by atoms with E-state index in [0.29, 0.717) is 11.5 Å². The van der Waals surface area contributed by atoms with Crippen molar-refractivity contribution >= 4 is 0 Å². The van der Waals surface area contributed by atoms with Gasteiger partial charge in [-0.1, -0.05) is 12.1 Å². The highest BCUT2D eigenvalue weighted by atomic mass is 16.5. The Morgan fingerprint density at radius 1 is 1.07 bits per heavy atom. The molecule has 0 aliphatic carbocycles. The third kappa shape index (κ3) is 1.80. The molecule has 0 fully saturated rings. The van der Waals surface area contributed by atoms with Crippen LogP contribution in [-0.4, -0.2) is 15.1 Å². The van der Waals surface area contributed by atoms with Gasteiger partial charge in [-0.3, -0.25) is 0 Å². The van der Waals surface area contributed by atoms with E-state index in [1.54, 1.807) is 24.3 Å². The van der Waals surface area contributed by atoms with E-state index < -0.39 is 0 Å². The molecular formula is C10H8N2O2. The average Bonchev–Trinajstić information content (AvgIpc) is 2.23. The maximum atomic E-state index is 9.41. The van der Waals surface area contributed by atoms with E-state index in [1.165, 1.54) is 18.7 Å². The highest BCUT2D eigenvalue weighted by Crippen LogP contribution is 2.28. The van der Waals surface area contributed by atoms with Crippen molar-refractivity contribution in [1.29, 1.82) is 0 Å². The van der Waals surface area contributed by atoms with Crippen molar-refractivity contribution in [3.63, 3.8) is 0 Å². The predicted octanol–water partition coefficient (Wildman–Crippen LogP) is 1.97. The zero-order valence-electron chi connectivity index (χ0n) is 7.29. The third-order valence-corrected chi connectivity index (χ3v) is 1.63. The highest BCUT2D eigenvalue weighted by molar-refractivity contribution is 5.40. The second-order valence-electron chi connectivity index (χ2n) is 2.64. The van der Waals surface area contributed by atoms with Gasteiger partial charge in [0, 0.05) is 0 Å². The largest absolute Gasteiger partial charge is 0.504 e. The van der Waals surface area contributed by atoms with Crippen molar-refractivity contribution in [2.24, 2.45) is 0 Å². The maximum Gasteiger partial charge on any atom is 0.169 e. The first-order valence-corrected chi connectivity index (χ1v) is 4.07. The molecule has 0 radical (unpaired) electrons. The minimum Gasteiger partial charge on any atom is -0.504 e. The molecule has 0 spiro atoms. The Morgan fingerprint density at radius 2 is 1.79 bits per heavy atom. The van der Waals surface area contributed by atoms with Crippen LogP contribution in [-0.2, 0) is 0 Å². The van der Waals surface area contributed by atoms with Gasteiger partial charge in [0.2, 0.25) is 0 Å². The average molecular weight is 188 g/mol. The summed E-state index contributed by atoms with van der Waals surface area (Å²) in [5.41, 5.74) is 0. The lowest BCUT2D eigenvalue weighted by Gasteiger charge is -2.05. The standard InChI is InChI=1S/C10H8N2O2/c13-9-3-1-2-4-10(9)14-8-5-11-7-12-6-8/h1-7,13H. The lowest BCUT2D eigenvalue weighted by molar-refractivity contribution is 0.409. The second kappa shape index (κ2) is 3.74. The summed E-state index contributed by atoms with van der Waals surface area (Å²) in [6.07, 6.45) is 4.47. The van der Waals surface area contributed by atoms with Crippen LogP contribution in [0.5, 0.6) is 17.2 Å². The van der Waals surface area contributed by atoms with Crippen molar-refractivity contribution in [2.45, 2.75) is 0 Å². The number of nitrogens with zero attached hydrogens (tertiary/aromatic N) is 2. The van der Waals surface area contributed by atoms with Crippen molar-refractivity contribution in [2.75, 3.05) is 0 Å². The van der Waals surface area contributed by atoms with Gasteiger partial charge in [0.1, 0.15) is 6.33 Å². The summed E-state index contributed by atoms with van der Waals surface area (Å²) in [6, 6.07) is 6.73. The van der Waals surface area contributed by atoms with Crippen molar-refractivity contribution < 1.29 is 9.84 Å². The van der Waals surface area contributed by atoms with Crippen LogP contribution in [0.4, 0.5) is 0 Å². The molecular weight excluding hydrogens is 180 g/mol. The highest BCUT2D eigenvalue weighted by Gasteiger charge is 2.01. The van der Waals surface area contributed by atoms with Crippen molar-refractivity contribution in [1.82, 2.24) is 9.97 Å². The zero-order valence-corrected chi connectivity index (χ0v) is 7.29. The molecule has 1 aromatic carbocycles. The molecule has 2 rings (SSSR count). The Morgan fingerprint density at radius 3 is 2.50 bits per heavy atom. The number of para-hydroxylation sites is 2. The number of ether oxygens (including phenoxy) is 1. The van der Waals surface area contributed by atoms with E-state index in [9.17, 15) is 5.11 Å². The van der Waals surface area contributed by atoms with E-state index in [1.807, 2.05) is 0 Å². The minimum absolute atomic E-state index is 0.0938. The van der Waals surface area contributed by atoms with Gasteiger partial charge in [-0.05, 0) is 12.1 Å². The molecule has 1 heterocycles. The molecule has 0 saturated heterocycles. The number of phenols is 1. The van der Waals surface area contributed by atoms with Crippen molar-refractivity contribution in [3.8, 4) is 17.2 Å². The lowest BCUT2D eigenvalue weighted by atomic mass is 10.3. The summed E-state index contributed by atoms with van der Waals surface area (Å²) in [5, 5.41) is 9.41. The third-order valence-electron chi connectivity index (χ3n) is 1.63. The van der Waals surface area contributed by atoms with E-state index >= 15 is 0 Å². The smallest absolute Gasteiger partial charge is 0.169 e. The number of aromatic hydroxyl groups is 1. The Hall–Kier alpha value is -2.10. The molecule has 1 aromatic heterocycles. The molecule has 0 atom stereocenters. The van der Waals surface area contributed by atoms with Crippen LogP contribution >= 0.6 is 0 Å². The van der Waals surface area contributed by atoms with Gasteiger partial charge in [0.05, 0.1) is 12.4 Å². The second-order valence-corrected chi connectivity index (χ2v) is 2.64. The molecule has 0 bridgehead atoms. The molecule has 0 saturated carbocycles. The van der Waals surface area contributed by atoms with Crippen molar-refractivity contribution in [3.05, 3.63) is 43.0 Å². The SMILES string of the molecule is Oc1ccccc1Oc1cncnc1. The topological polar surface area (TPSA) is 55.2 Å². The number of rotatable bonds is 2. The molecule has 2 aromatic rings. The molecule has 0 aliphatic heterocycles. The predicted molar refractivity (Wildman–Crippen MR) is 50.2 cm³/mol. The summed E-state index contributed by atoms with van der Waals surface area (Å²) in [4.78, 5) is 7.59. The molecule has 0 unspecified atom stereocenters. The van der Waals surface area contributed by atoms with Crippen LogP contribution in [0.25, 0.3) is 0 Å². The number of hydrogen-bond donors (Lipinski definition) is 1. The normalized spacial score (nSPS) is 9.71. The van der Waals surface area contributed by atoms with Crippen LogP contribution in [0.2, 0.25) is 0 Å². The molecule has 14 heavy (non-hydrogen) atoms. The fourth-order valence-corrected chi connectivity index (χ4v) is 1.01. The zero-order chi connectivity index (χ0) is 9.80. The lowest BCUT2D eigenvalue weighted by Crippen LogP contribution is -1.86. The number of hydrogen-bond acceptors (Lipinski definition) is 4. The van der Waals surface area contributed by atoms with E-state index in [-0.39, 0.29) is 5.75 Å².